The molecule has 2 nitrogen and oxygen atoms in total. The van der Waals surface area contributed by atoms with Crippen molar-refractivity contribution in [3.63, 3.8) is 0 Å². The number of rotatable bonds is 4. The van der Waals surface area contributed by atoms with E-state index in [2.05, 4.69) is 13.8 Å². The van der Waals surface area contributed by atoms with Crippen LogP contribution in [0.15, 0.2) is 36.4 Å². The van der Waals surface area contributed by atoms with Crippen LogP contribution in [0.3, 0.4) is 0 Å². The van der Waals surface area contributed by atoms with Gasteiger partial charge in [0.2, 0.25) is 0 Å². The molecule has 0 radical (unpaired) electrons. The van der Waals surface area contributed by atoms with Gasteiger partial charge in [0.1, 0.15) is 5.75 Å². The smallest absolute Gasteiger partial charge is 0.167 e. The SMILES string of the molecule is COc1ccc2ccccc2c1C(=O)CC(C)C. The molecule has 0 amide bonds. The van der Waals surface area contributed by atoms with Crippen molar-refractivity contribution >= 4 is 16.6 Å². The molecule has 0 saturated heterocycles. The second kappa shape index (κ2) is 5.21. The van der Waals surface area contributed by atoms with Crippen molar-refractivity contribution in [2.24, 2.45) is 5.92 Å². The predicted molar refractivity (Wildman–Crippen MR) is 74.3 cm³/mol. The molecule has 0 saturated carbocycles. The summed E-state index contributed by atoms with van der Waals surface area (Å²) in [6, 6.07) is 11.8. The molecule has 18 heavy (non-hydrogen) atoms. The summed E-state index contributed by atoms with van der Waals surface area (Å²) in [5, 5.41) is 2.05. The highest BCUT2D eigenvalue weighted by Crippen LogP contribution is 2.29. The Morgan fingerprint density at radius 1 is 1.17 bits per heavy atom. The Bertz CT molecular complexity index is 570. The quantitative estimate of drug-likeness (QED) is 0.755. The lowest BCUT2D eigenvalue weighted by molar-refractivity contribution is 0.0966. The molecule has 2 rings (SSSR count). The molecule has 0 aromatic heterocycles. The zero-order valence-electron chi connectivity index (χ0n) is 11.1. The zero-order chi connectivity index (χ0) is 13.1. The van der Waals surface area contributed by atoms with Gasteiger partial charge in [-0.3, -0.25) is 4.79 Å². The lowest BCUT2D eigenvalue weighted by Crippen LogP contribution is -2.06. The van der Waals surface area contributed by atoms with E-state index in [4.69, 9.17) is 4.74 Å². The van der Waals surface area contributed by atoms with E-state index in [0.29, 0.717) is 23.7 Å². The van der Waals surface area contributed by atoms with Gasteiger partial charge in [0.05, 0.1) is 12.7 Å². The fraction of sp³-hybridized carbons (Fsp3) is 0.312. The summed E-state index contributed by atoms with van der Waals surface area (Å²) in [5.41, 5.74) is 0.712. The molecule has 0 aliphatic carbocycles. The molecular weight excluding hydrogens is 224 g/mol. The van der Waals surface area contributed by atoms with E-state index >= 15 is 0 Å². The molecule has 2 aromatic carbocycles. The highest BCUT2D eigenvalue weighted by molar-refractivity contribution is 6.10. The van der Waals surface area contributed by atoms with Gasteiger partial charge in [-0.2, -0.15) is 0 Å². The van der Waals surface area contributed by atoms with Gasteiger partial charge in [-0.1, -0.05) is 44.2 Å². The average Bonchev–Trinajstić information content (AvgIpc) is 2.36. The minimum Gasteiger partial charge on any atom is -0.496 e. The van der Waals surface area contributed by atoms with Crippen molar-refractivity contribution in [2.75, 3.05) is 7.11 Å². The Hall–Kier alpha value is -1.83. The van der Waals surface area contributed by atoms with Crippen LogP contribution in [-0.2, 0) is 0 Å². The molecule has 0 unspecified atom stereocenters. The van der Waals surface area contributed by atoms with Crippen molar-refractivity contribution in [3.05, 3.63) is 42.0 Å². The number of carbonyl (C=O) groups excluding carboxylic acids is 1. The lowest BCUT2D eigenvalue weighted by Gasteiger charge is -2.12. The number of ether oxygens (including phenoxy) is 1. The molecule has 0 aliphatic rings. The maximum atomic E-state index is 12.4. The summed E-state index contributed by atoms with van der Waals surface area (Å²) in [4.78, 5) is 12.4. The molecule has 2 aromatic rings. The van der Waals surface area contributed by atoms with Crippen molar-refractivity contribution in [1.82, 2.24) is 0 Å². The van der Waals surface area contributed by atoms with E-state index in [9.17, 15) is 4.79 Å². The number of carbonyl (C=O) groups is 1. The van der Waals surface area contributed by atoms with Gasteiger partial charge in [0.15, 0.2) is 5.78 Å². The van der Waals surface area contributed by atoms with Gasteiger partial charge in [0, 0.05) is 6.42 Å². The van der Waals surface area contributed by atoms with Crippen LogP contribution in [0.25, 0.3) is 10.8 Å². The topological polar surface area (TPSA) is 26.3 Å². The minimum atomic E-state index is 0.152. The standard InChI is InChI=1S/C16H18O2/c1-11(2)10-14(17)16-13-7-5-4-6-12(13)8-9-15(16)18-3/h4-9,11H,10H2,1-3H3. The number of fused-ring (bicyclic) bond motifs is 1. The van der Waals surface area contributed by atoms with Crippen molar-refractivity contribution < 1.29 is 9.53 Å². The van der Waals surface area contributed by atoms with Gasteiger partial charge in [0.25, 0.3) is 0 Å². The molecule has 0 bridgehead atoms. The number of hydrogen-bond acceptors (Lipinski definition) is 2. The van der Waals surface area contributed by atoms with Crippen LogP contribution in [0.2, 0.25) is 0 Å². The van der Waals surface area contributed by atoms with Gasteiger partial charge < -0.3 is 4.74 Å². The lowest BCUT2D eigenvalue weighted by atomic mass is 9.95. The van der Waals surface area contributed by atoms with Crippen LogP contribution < -0.4 is 4.74 Å². The van der Waals surface area contributed by atoms with E-state index in [1.165, 1.54) is 0 Å². The fourth-order valence-corrected chi connectivity index (χ4v) is 2.18. The summed E-state index contributed by atoms with van der Waals surface area (Å²) in [7, 11) is 1.61. The first-order valence-electron chi connectivity index (χ1n) is 6.22. The summed E-state index contributed by atoms with van der Waals surface area (Å²) in [6.07, 6.45) is 0.546. The van der Waals surface area contributed by atoms with Gasteiger partial charge in [-0.15, -0.1) is 0 Å². The fourth-order valence-electron chi connectivity index (χ4n) is 2.18. The summed E-state index contributed by atoms with van der Waals surface area (Å²) in [5.74, 6) is 1.17. The van der Waals surface area contributed by atoms with Gasteiger partial charge in [-0.25, -0.2) is 0 Å². The predicted octanol–water partition coefficient (Wildman–Crippen LogP) is 4.08. The van der Waals surface area contributed by atoms with Crippen molar-refractivity contribution in [2.45, 2.75) is 20.3 Å². The third-order valence-electron chi connectivity index (χ3n) is 2.98. The molecule has 94 valence electrons. The normalized spacial score (nSPS) is 10.9. The Labute approximate surface area is 108 Å². The zero-order valence-corrected chi connectivity index (χ0v) is 11.1. The number of ketones is 1. The highest BCUT2D eigenvalue weighted by atomic mass is 16.5. The maximum Gasteiger partial charge on any atom is 0.167 e. The summed E-state index contributed by atoms with van der Waals surface area (Å²) in [6.45, 7) is 4.10. The van der Waals surface area contributed by atoms with E-state index in [1.807, 2.05) is 36.4 Å². The van der Waals surface area contributed by atoms with Gasteiger partial charge >= 0.3 is 0 Å². The highest BCUT2D eigenvalue weighted by Gasteiger charge is 2.16. The Morgan fingerprint density at radius 2 is 1.89 bits per heavy atom. The first-order chi connectivity index (χ1) is 8.63. The maximum absolute atomic E-state index is 12.4. The Kier molecular flexibility index (Phi) is 3.66. The number of benzene rings is 2. The van der Waals surface area contributed by atoms with Crippen LogP contribution in [0.5, 0.6) is 5.75 Å². The number of Topliss-reactive ketones (excluding diaryl/α,β-unsaturated/α-hetero) is 1. The first kappa shape index (κ1) is 12.6. The molecular formula is C16H18O2. The summed E-state index contributed by atoms with van der Waals surface area (Å²) >= 11 is 0. The Balaban J connectivity index is 2.61. The monoisotopic (exact) mass is 242 g/mol. The third-order valence-corrected chi connectivity index (χ3v) is 2.98. The Morgan fingerprint density at radius 3 is 2.56 bits per heavy atom. The van der Waals surface area contributed by atoms with Crippen molar-refractivity contribution in [1.29, 1.82) is 0 Å². The molecule has 0 atom stereocenters. The van der Waals surface area contributed by atoms with E-state index in [0.717, 1.165) is 10.8 Å². The van der Waals surface area contributed by atoms with Crippen molar-refractivity contribution in [3.8, 4) is 5.75 Å². The molecule has 0 spiro atoms. The first-order valence-corrected chi connectivity index (χ1v) is 6.22. The average molecular weight is 242 g/mol. The van der Waals surface area contributed by atoms with Crippen LogP contribution in [0.4, 0.5) is 0 Å². The largest absolute Gasteiger partial charge is 0.496 e. The van der Waals surface area contributed by atoms with Gasteiger partial charge in [-0.05, 0) is 22.8 Å². The van der Waals surface area contributed by atoms with Crippen LogP contribution in [0.1, 0.15) is 30.6 Å². The molecule has 2 heteroatoms. The molecule has 0 aliphatic heterocycles. The molecule has 0 N–H and O–H groups in total. The van der Waals surface area contributed by atoms with Crippen LogP contribution in [0, 0.1) is 5.92 Å². The second-order valence-electron chi connectivity index (χ2n) is 4.89. The summed E-state index contributed by atoms with van der Waals surface area (Å²) < 4.78 is 5.34. The van der Waals surface area contributed by atoms with Crippen LogP contribution in [-0.4, -0.2) is 12.9 Å². The molecule has 0 heterocycles. The third kappa shape index (κ3) is 2.37. The van der Waals surface area contributed by atoms with Crippen LogP contribution >= 0.6 is 0 Å². The van der Waals surface area contributed by atoms with E-state index in [1.54, 1.807) is 7.11 Å². The number of methoxy groups -OCH3 is 1. The van der Waals surface area contributed by atoms with E-state index < -0.39 is 0 Å². The van der Waals surface area contributed by atoms with E-state index in [-0.39, 0.29) is 5.78 Å². The second-order valence-corrected chi connectivity index (χ2v) is 4.89. The number of hydrogen-bond donors (Lipinski definition) is 0. The molecule has 0 fully saturated rings. The minimum absolute atomic E-state index is 0.152.